The summed E-state index contributed by atoms with van der Waals surface area (Å²) in [5, 5.41) is 3.39. The molecular formula is C23H23ClN2O4S. The molecule has 31 heavy (non-hydrogen) atoms. The fourth-order valence-electron chi connectivity index (χ4n) is 3.11. The van der Waals surface area contributed by atoms with E-state index >= 15 is 0 Å². The minimum absolute atomic E-state index is 0.131. The van der Waals surface area contributed by atoms with Crippen LogP contribution in [-0.2, 0) is 10.0 Å². The molecule has 0 aliphatic rings. The monoisotopic (exact) mass is 458 g/mol. The molecule has 1 N–H and O–H groups in total. The van der Waals surface area contributed by atoms with Gasteiger partial charge in [-0.05, 0) is 61.5 Å². The second-order valence-electron chi connectivity index (χ2n) is 6.91. The highest BCUT2D eigenvalue weighted by molar-refractivity contribution is 7.92. The summed E-state index contributed by atoms with van der Waals surface area (Å²) in [6.07, 6.45) is 0. The molecule has 8 heteroatoms. The summed E-state index contributed by atoms with van der Waals surface area (Å²) in [4.78, 5) is 12.8. The van der Waals surface area contributed by atoms with Gasteiger partial charge < -0.3 is 10.1 Å². The van der Waals surface area contributed by atoms with Crippen molar-refractivity contribution in [2.45, 2.75) is 17.9 Å². The summed E-state index contributed by atoms with van der Waals surface area (Å²) in [5.74, 6) is 0.424. The van der Waals surface area contributed by atoms with Crippen molar-refractivity contribution in [2.24, 2.45) is 0 Å². The maximum absolute atomic E-state index is 12.8. The summed E-state index contributed by atoms with van der Waals surface area (Å²) in [7, 11) is -0.699. The molecule has 3 rings (SSSR count). The number of benzene rings is 3. The third-order valence-corrected chi connectivity index (χ3v) is 6.97. The Morgan fingerprint density at radius 1 is 1.00 bits per heavy atom. The predicted octanol–water partition coefficient (Wildman–Crippen LogP) is 4.66. The van der Waals surface area contributed by atoms with Crippen LogP contribution in [0, 0.1) is 0 Å². The molecule has 0 saturated heterocycles. The molecule has 1 atom stereocenters. The van der Waals surface area contributed by atoms with Crippen LogP contribution in [0.15, 0.2) is 77.7 Å². The smallest absolute Gasteiger partial charge is 0.264 e. The number of methoxy groups -OCH3 is 1. The van der Waals surface area contributed by atoms with E-state index in [1.807, 2.05) is 31.2 Å². The van der Waals surface area contributed by atoms with Crippen LogP contribution in [0.25, 0.3) is 0 Å². The minimum atomic E-state index is -3.74. The third-order valence-electron chi connectivity index (χ3n) is 4.92. The van der Waals surface area contributed by atoms with Crippen molar-refractivity contribution in [1.82, 2.24) is 5.32 Å². The van der Waals surface area contributed by atoms with E-state index in [4.69, 9.17) is 16.3 Å². The molecule has 3 aromatic carbocycles. The van der Waals surface area contributed by atoms with Crippen LogP contribution >= 0.6 is 11.6 Å². The molecule has 162 valence electrons. The molecule has 0 fully saturated rings. The lowest BCUT2D eigenvalue weighted by Gasteiger charge is -2.20. The van der Waals surface area contributed by atoms with Gasteiger partial charge in [0.2, 0.25) is 0 Å². The van der Waals surface area contributed by atoms with E-state index in [2.05, 4.69) is 5.32 Å². The zero-order valence-corrected chi connectivity index (χ0v) is 18.9. The van der Waals surface area contributed by atoms with Gasteiger partial charge in [0.15, 0.2) is 0 Å². The van der Waals surface area contributed by atoms with Crippen LogP contribution in [0.2, 0.25) is 5.02 Å². The van der Waals surface area contributed by atoms with Crippen LogP contribution < -0.4 is 14.4 Å². The van der Waals surface area contributed by atoms with E-state index < -0.39 is 10.0 Å². The van der Waals surface area contributed by atoms with Crippen molar-refractivity contribution in [3.05, 3.63) is 88.9 Å². The highest BCUT2D eigenvalue weighted by Crippen LogP contribution is 2.26. The number of sulfonamides is 1. The van der Waals surface area contributed by atoms with Gasteiger partial charge in [0, 0.05) is 23.2 Å². The Balaban J connectivity index is 1.74. The van der Waals surface area contributed by atoms with Crippen LogP contribution in [0.3, 0.4) is 0 Å². The summed E-state index contributed by atoms with van der Waals surface area (Å²) in [6.45, 7) is 1.87. The first-order valence-corrected chi connectivity index (χ1v) is 11.3. The van der Waals surface area contributed by atoms with E-state index in [1.165, 1.54) is 31.3 Å². The van der Waals surface area contributed by atoms with E-state index in [-0.39, 0.29) is 16.8 Å². The number of nitrogens with zero attached hydrogens (tertiary/aromatic N) is 1. The Labute approximate surface area is 187 Å². The van der Waals surface area contributed by atoms with E-state index in [1.54, 1.807) is 31.4 Å². The number of rotatable bonds is 7. The topological polar surface area (TPSA) is 75.7 Å². The molecule has 0 bridgehead atoms. The molecule has 0 saturated carbocycles. The number of carbonyl (C=O) groups is 1. The summed E-state index contributed by atoms with van der Waals surface area (Å²) >= 11 is 5.84. The Morgan fingerprint density at radius 3 is 2.23 bits per heavy atom. The standard InChI is InChI=1S/C23H23ClN2O4S/c1-16(21-6-4-5-7-22(21)30-3)25-23(27)17-8-12-19(13-9-17)26(2)31(28,29)20-14-10-18(24)11-15-20/h4-16H,1-3H3,(H,25,27)/t16-/m1/s1. The number of carbonyl (C=O) groups excluding carboxylic acids is 1. The molecule has 1 amide bonds. The maximum Gasteiger partial charge on any atom is 0.264 e. The summed E-state index contributed by atoms with van der Waals surface area (Å²) in [5.41, 5.74) is 1.72. The maximum atomic E-state index is 12.8. The van der Waals surface area contributed by atoms with Crippen molar-refractivity contribution < 1.29 is 17.9 Å². The molecule has 0 aliphatic carbocycles. The molecule has 3 aromatic rings. The number of amides is 1. The Kier molecular flexibility index (Phi) is 6.87. The van der Waals surface area contributed by atoms with Gasteiger partial charge in [0.25, 0.3) is 15.9 Å². The quantitative estimate of drug-likeness (QED) is 0.558. The van der Waals surface area contributed by atoms with Crippen LogP contribution in [0.4, 0.5) is 5.69 Å². The zero-order valence-electron chi connectivity index (χ0n) is 17.4. The SMILES string of the molecule is COc1ccccc1[C@@H](C)NC(=O)c1ccc(N(C)S(=O)(=O)c2ccc(Cl)cc2)cc1. The van der Waals surface area contributed by atoms with Crippen molar-refractivity contribution in [3.63, 3.8) is 0 Å². The van der Waals surface area contributed by atoms with Gasteiger partial charge in [-0.3, -0.25) is 9.10 Å². The van der Waals surface area contributed by atoms with E-state index in [0.29, 0.717) is 22.0 Å². The van der Waals surface area contributed by atoms with Crippen LogP contribution in [0.1, 0.15) is 28.9 Å². The van der Waals surface area contributed by atoms with Gasteiger partial charge in [-0.1, -0.05) is 29.8 Å². The van der Waals surface area contributed by atoms with Gasteiger partial charge in [-0.15, -0.1) is 0 Å². The zero-order chi connectivity index (χ0) is 22.6. The molecule has 6 nitrogen and oxygen atoms in total. The molecule has 0 unspecified atom stereocenters. The van der Waals surface area contributed by atoms with Gasteiger partial charge in [0.1, 0.15) is 5.75 Å². The number of halogens is 1. The second kappa shape index (κ2) is 9.41. The number of hydrogen-bond acceptors (Lipinski definition) is 4. The van der Waals surface area contributed by atoms with Crippen molar-refractivity contribution in [2.75, 3.05) is 18.5 Å². The number of nitrogens with one attached hydrogen (secondary N) is 1. The fraction of sp³-hybridized carbons (Fsp3) is 0.174. The number of anilines is 1. The van der Waals surface area contributed by atoms with Gasteiger partial charge >= 0.3 is 0 Å². The van der Waals surface area contributed by atoms with Crippen LogP contribution in [-0.4, -0.2) is 28.5 Å². The molecular weight excluding hydrogens is 436 g/mol. The van der Waals surface area contributed by atoms with E-state index in [9.17, 15) is 13.2 Å². The van der Waals surface area contributed by atoms with Crippen molar-refractivity contribution in [1.29, 1.82) is 0 Å². The first kappa shape index (κ1) is 22.7. The van der Waals surface area contributed by atoms with Crippen molar-refractivity contribution in [3.8, 4) is 5.75 Å². The largest absolute Gasteiger partial charge is 0.496 e. The summed E-state index contributed by atoms with van der Waals surface area (Å²) in [6, 6.07) is 19.5. The Morgan fingerprint density at radius 2 is 1.61 bits per heavy atom. The lowest BCUT2D eigenvalue weighted by molar-refractivity contribution is 0.0939. The second-order valence-corrected chi connectivity index (χ2v) is 9.32. The van der Waals surface area contributed by atoms with Gasteiger partial charge in [-0.2, -0.15) is 0 Å². The first-order chi connectivity index (χ1) is 14.7. The Hall–Kier alpha value is -3.03. The van der Waals surface area contributed by atoms with Crippen LogP contribution in [0.5, 0.6) is 5.75 Å². The molecule has 0 heterocycles. The van der Waals surface area contributed by atoms with Crippen molar-refractivity contribution >= 4 is 33.2 Å². The molecule has 0 radical (unpaired) electrons. The average molecular weight is 459 g/mol. The predicted molar refractivity (Wildman–Crippen MR) is 122 cm³/mol. The number of ether oxygens (including phenoxy) is 1. The third kappa shape index (κ3) is 5.00. The highest BCUT2D eigenvalue weighted by Gasteiger charge is 2.22. The van der Waals surface area contributed by atoms with Gasteiger partial charge in [-0.25, -0.2) is 8.42 Å². The van der Waals surface area contributed by atoms with Gasteiger partial charge in [0.05, 0.1) is 23.7 Å². The lowest BCUT2D eigenvalue weighted by atomic mass is 10.1. The fourth-order valence-corrected chi connectivity index (χ4v) is 4.43. The number of hydrogen-bond donors (Lipinski definition) is 1. The highest BCUT2D eigenvalue weighted by atomic mass is 35.5. The molecule has 0 aliphatic heterocycles. The average Bonchev–Trinajstić information content (AvgIpc) is 2.78. The lowest BCUT2D eigenvalue weighted by Crippen LogP contribution is -2.28. The number of para-hydroxylation sites is 1. The minimum Gasteiger partial charge on any atom is -0.496 e. The first-order valence-electron chi connectivity index (χ1n) is 9.52. The Bertz CT molecular complexity index is 1160. The van der Waals surface area contributed by atoms with E-state index in [0.717, 1.165) is 9.87 Å². The summed E-state index contributed by atoms with van der Waals surface area (Å²) < 4.78 is 32.1. The molecule has 0 aromatic heterocycles. The molecule has 0 spiro atoms. The normalized spacial score (nSPS) is 12.1.